The molecule has 240 valence electrons. The van der Waals surface area contributed by atoms with Gasteiger partial charge in [-0.2, -0.15) is 0 Å². The predicted octanol–water partition coefficient (Wildman–Crippen LogP) is 6.76. The van der Waals surface area contributed by atoms with Crippen molar-refractivity contribution >= 4 is 57.4 Å². The number of hydrogen-bond donors (Lipinski definition) is 0. The zero-order valence-electron chi connectivity index (χ0n) is 26.7. The van der Waals surface area contributed by atoms with Crippen molar-refractivity contribution in [1.82, 2.24) is 0 Å². The molecule has 1 aliphatic heterocycles. The van der Waals surface area contributed by atoms with Crippen LogP contribution in [0.3, 0.4) is 0 Å². The second-order valence-corrected chi connectivity index (χ2v) is 21.6. The molecule has 6 aromatic carbocycles. The maximum atomic E-state index is 14.9. The van der Waals surface area contributed by atoms with E-state index >= 15 is 0 Å². The molecular formula is C42H38O4P2. The number of hydrogen-bond acceptors (Lipinski definition) is 4. The van der Waals surface area contributed by atoms with Crippen molar-refractivity contribution in [3.8, 4) is 0 Å². The molecule has 7 rings (SSSR count). The van der Waals surface area contributed by atoms with Gasteiger partial charge in [0.15, 0.2) is 0 Å². The predicted molar refractivity (Wildman–Crippen MR) is 201 cm³/mol. The van der Waals surface area contributed by atoms with Crippen LogP contribution < -0.4 is 31.8 Å². The molecule has 4 nitrogen and oxygen atoms in total. The maximum absolute atomic E-state index is 14.9. The topological polar surface area (TPSA) is 52.6 Å². The minimum absolute atomic E-state index is 0.535. The van der Waals surface area contributed by atoms with Gasteiger partial charge in [-0.25, -0.2) is 0 Å². The van der Waals surface area contributed by atoms with Crippen molar-refractivity contribution in [3.63, 3.8) is 0 Å². The van der Waals surface area contributed by atoms with E-state index < -0.39 is 25.6 Å². The van der Waals surface area contributed by atoms with E-state index in [1.165, 1.54) is 0 Å². The normalized spacial score (nSPS) is 19.8. The Morgan fingerprint density at radius 2 is 0.500 bits per heavy atom. The molecule has 48 heavy (non-hydrogen) atoms. The van der Waals surface area contributed by atoms with Crippen LogP contribution in [-0.2, 0) is 18.6 Å². The van der Waals surface area contributed by atoms with Crippen molar-refractivity contribution in [3.05, 3.63) is 182 Å². The van der Waals surface area contributed by atoms with Crippen LogP contribution in [0.2, 0.25) is 0 Å². The van der Waals surface area contributed by atoms with Crippen molar-refractivity contribution in [2.75, 3.05) is 12.3 Å². The third-order valence-corrected chi connectivity index (χ3v) is 21.8. The Morgan fingerprint density at radius 1 is 0.312 bits per heavy atom. The molecule has 0 amide bonds. The average Bonchev–Trinajstić information content (AvgIpc) is 3.17. The quantitative estimate of drug-likeness (QED) is 0.146. The molecule has 0 saturated carbocycles. The molecule has 1 fully saturated rings. The van der Waals surface area contributed by atoms with E-state index in [-0.39, 0.29) is 0 Å². The molecule has 0 unspecified atom stereocenters. The third-order valence-electron chi connectivity index (χ3n) is 9.97. The van der Waals surface area contributed by atoms with E-state index in [9.17, 15) is 9.59 Å². The molecule has 0 aromatic heterocycles. The van der Waals surface area contributed by atoms with E-state index in [0.29, 0.717) is 25.2 Å². The van der Waals surface area contributed by atoms with Crippen molar-refractivity contribution in [1.29, 1.82) is 0 Å². The Morgan fingerprint density at radius 3 is 0.688 bits per heavy atom. The van der Waals surface area contributed by atoms with Gasteiger partial charge in [-0.3, -0.25) is 0 Å². The SMILES string of the molecule is O=C1OP(c2ccccc2)(c2ccccc2)(c2ccccc2)CCCCP(c2ccccc2)(c2ccccc2)(c2ccccc2)OC1=O. The van der Waals surface area contributed by atoms with Gasteiger partial charge in [0.1, 0.15) is 0 Å². The first-order valence-electron chi connectivity index (χ1n) is 16.4. The number of benzene rings is 6. The Hall–Kier alpha value is -4.88. The second kappa shape index (κ2) is 12.6. The second-order valence-electron chi connectivity index (χ2n) is 12.4. The van der Waals surface area contributed by atoms with E-state index in [1.807, 2.05) is 182 Å². The Labute approximate surface area is 282 Å². The standard InChI is InChI=1S/C42H38O4P2/c43-41-42(44)46-48(38-27-13-4-14-28-38,39-29-15-5-16-30-39,40-31-17-6-18-32-40)34-20-19-33-47(45-41,35-21-7-1-8-22-35,36-23-9-2-10-24-36)37-25-11-3-12-26-37/h1-18,21-32H,19-20,33-34H2. The summed E-state index contributed by atoms with van der Waals surface area (Å²) in [5.74, 6) is -1.97. The zero-order chi connectivity index (χ0) is 33.0. The first kappa shape index (κ1) is 31.7. The van der Waals surface area contributed by atoms with E-state index in [4.69, 9.17) is 9.05 Å². The van der Waals surface area contributed by atoms with Crippen LogP contribution in [0.15, 0.2) is 182 Å². The summed E-state index contributed by atoms with van der Waals surface area (Å²) in [6.45, 7) is -8.16. The fourth-order valence-corrected chi connectivity index (χ4v) is 19.3. The molecule has 0 radical (unpaired) electrons. The van der Waals surface area contributed by atoms with Gasteiger partial charge >= 0.3 is 283 Å². The zero-order valence-corrected chi connectivity index (χ0v) is 28.5. The molecule has 1 aliphatic rings. The van der Waals surface area contributed by atoms with Gasteiger partial charge in [0, 0.05) is 0 Å². The van der Waals surface area contributed by atoms with Crippen molar-refractivity contribution in [2.45, 2.75) is 12.8 Å². The summed E-state index contributed by atoms with van der Waals surface area (Å²) in [5.41, 5.74) is 0. The van der Waals surface area contributed by atoms with Gasteiger partial charge in [0.05, 0.1) is 0 Å². The van der Waals surface area contributed by atoms with Crippen LogP contribution in [0, 0.1) is 0 Å². The number of carbonyl (C=O) groups excluding carboxylic acids is 2. The minimum atomic E-state index is -4.08. The van der Waals surface area contributed by atoms with Crippen LogP contribution >= 0.6 is 13.7 Å². The molecule has 1 heterocycles. The Balaban J connectivity index is 1.51. The van der Waals surface area contributed by atoms with Crippen LogP contribution in [0.5, 0.6) is 0 Å². The Bertz CT molecular complexity index is 1670. The molecular weight excluding hydrogens is 630 g/mol. The molecule has 0 N–H and O–H groups in total. The summed E-state index contributed by atoms with van der Waals surface area (Å²) >= 11 is 0. The summed E-state index contributed by atoms with van der Waals surface area (Å²) in [6.07, 6.45) is 2.50. The van der Waals surface area contributed by atoms with Crippen molar-refractivity contribution in [2.24, 2.45) is 0 Å². The monoisotopic (exact) mass is 668 g/mol. The molecule has 0 bridgehead atoms. The molecule has 0 atom stereocenters. The first-order chi connectivity index (χ1) is 23.5. The van der Waals surface area contributed by atoms with Crippen molar-refractivity contribution < 1.29 is 18.6 Å². The summed E-state index contributed by atoms with van der Waals surface area (Å²) in [6, 6.07) is 60.0. The average molecular weight is 669 g/mol. The summed E-state index contributed by atoms with van der Waals surface area (Å²) in [5, 5.41) is 5.38. The molecule has 0 spiro atoms. The summed E-state index contributed by atoms with van der Waals surface area (Å²) < 4.78 is 14.1. The van der Waals surface area contributed by atoms with Gasteiger partial charge < -0.3 is 0 Å². The molecule has 6 heteroatoms. The fourth-order valence-electron chi connectivity index (χ4n) is 7.80. The van der Waals surface area contributed by atoms with Crippen LogP contribution in [-0.4, -0.2) is 24.3 Å². The summed E-state index contributed by atoms with van der Waals surface area (Å²) in [7, 11) is 0. The molecule has 1 saturated heterocycles. The number of rotatable bonds is 6. The van der Waals surface area contributed by atoms with Crippen LogP contribution in [0.4, 0.5) is 0 Å². The van der Waals surface area contributed by atoms with E-state index in [2.05, 4.69) is 0 Å². The van der Waals surface area contributed by atoms with Crippen LogP contribution in [0.1, 0.15) is 12.8 Å². The Kier molecular flexibility index (Phi) is 8.34. The van der Waals surface area contributed by atoms with Gasteiger partial charge in [-0.1, -0.05) is 0 Å². The summed E-state index contributed by atoms with van der Waals surface area (Å²) in [4.78, 5) is 29.7. The molecule has 0 aliphatic carbocycles. The van der Waals surface area contributed by atoms with E-state index in [1.54, 1.807) is 0 Å². The number of carbonyl (C=O) groups is 2. The van der Waals surface area contributed by atoms with Gasteiger partial charge in [0.2, 0.25) is 0 Å². The van der Waals surface area contributed by atoms with Gasteiger partial charge in [0.25, 0.3) is 0 Å². The van der Waals surface area contributed by atoms with Crippen LogP contribution in [0.25, 0.3) is 0 Å². The fraction of sp³-hybridized carbons (Fsp3) is 0.0952. The van der Waals surface area contributed by atoms with Gasteiger partial charge in [-0.05, 0) is 0 Å². The third kappa shape index (κ3) is 4.74. The van der Waals surface area contributed by atoms with E-state index in [0.717, 1.165) is 31.8 Å². The molecule has 6 aromatic rings. The van der Waals surface area contributed by atoms with Gasteiger partial charge in [-0.15, -0.1) is 0 Å². The first-order valence-corrected chi connectivity index (χ1v) is 21.0.